The minimum Gasteiger partial charge on any atom is -0.491 e. The third-order valence-electron chi connectivity index (χ3n) is 2.70. The van der Waals surface area contributed by atoms with Gasteiger partial charge in [-0.3, -0.25) is 4.79 Å². The maximum absolute atomic E-state index is 13.3. The first-order valence-electron chi connectivity index (χ1n) is 6.48. The normalized spacial score (nSPS) is 10.1. The van der Waals surface area contributed by atoms with Gasteiger partial charge in [0.15, 0.2) is 11.6 Å². The van der Waals surface area contributed by atoms with Gasteiger partial charge in [0, 0.05) is 12.1 Å². The van der Waals surface area contributed by atoms with Crippen LogP contribution in [0, 0.1) is 5.82 Å². The van der Waals surface area contributed by atoms with E-state index in [-0.39, 0.29) is 17.5 Å². The maximum Gasteiger partial charge on any atom is 0.224 e. The van der Waals surface area contributed by atoms with E-state index in [9.17, 15) is 9.18 Å². The fourth-order valence-corrected chi connectivity index (χ4v) is 1.72. The predicted octanol–water partition coefficient (Wildman–Crippen LogP) is 3.62. The molecule has 4 heteroatoms. The molecule has 1 amide bonds. The number of benzene rings is 2. The van der Waals surface area contributed by atoms with Crippen molar-refractivity contribution in [2.75, 3.05) is 11.9 Å². The summed E-state index contributed by atoms with van der Waals surface area (Å²) in [4.78, 5) is 11.6. The standard InChI is InChI=1S/C16H16FNO2/c17-14-9-4-5-10-15(14)20-12-6-11-16(19)18-13-7-2-1-3-8-13/h1-5,7-10H,6,11-12H2,(H,18,19). The first kappa shape index (κ1) is 14.1. The van der Waals surface area contributed by atoms with Crippen molar-refractivity contribution in [2.45, 2.75) is 12.8 Å². The number of nitrogens with one attached hydrogen (secondary N) is 1. The highest BCUT2D eigenvalue weighted by Crippen LogP contribution is 2.15. The van der Waals surface area contributed by atoms with Crippen LogP contribution in [0.3, 0.4) is 0 Å². The summed E-state index contributed by atoms with van der Waals surface area (Å²) < 4.78 is 18.5. The molecule has 2 rings (SSSR count). The van der Waals surface area contributed by atoms with Crippen LogP contribution in [0.4, 0.5) is 10.1 Å². The lowest BCUT2D eigenvalue weighted by Crippen LogP contribution is -2.12. The summed E-state index contributed by atoms with van der Waals surface area (Å²) in [5.74, 6) is -0.245. The van der Waals surface area contributed by atoms with Crippen molar-refractivity contribution in [1.29, 1.82) is 0 Å². The van der Waals surface area contributed by atoms with E-state index in [4.69, 9.17) is 4.74 Å². The summed E-state index contributed by atoms with van der Waals surface area (Å²) in [6.07, 6.45) is 0.871. The van der Waals surface area contributed by atoms with E-state index in [1.54, 1.807) is 18.2 Å². The molecule has 2 aromatic carbocycles. The van der Waals surface area contributed by atoms with Gasteiger partial charge in [-0.2, -0.15) is 0 Å². The Balaban J connectivity index is 1.69. The molecule has 0 spiro atoms. The Hall–Kier alpha value is -2.36. The van der Waals surface area contributed by atoms with Crippen LogP contribution in [0.25, 0.3) is 0 Å². The molecular weight excluding hydrogens is 257 g/mol. The fourth-order valence-electron chi connectivity index (χ4n) is 1.72. The second-order valence-electron chi connectivity index (χ2n) is 4.30. The Kier molecular flexibility index (Phi) is 5.12. The third-order valence-corrected chi connectivity index (χ3v) is 2.70. The summed E-state index contributed by atoms with van der Waals surface area (Å²) in [7, 11) is 0. The van der Waals surface area contributed by atoms with Crippen molar-refractivity contribution in [3.63, 3.8) is 0 Å². The molecule has 0 aromatic heterocycles. The molecule has 0 saturated carbocycles. The van der Waals surface area contributed by atoms with Gasteiger partial charge in [-0.15, -0.1) is 0 Å². The van der Waals surface area contributed by atoms with Crippen molar-refractivity contribution >= 4 is 11.6 Å². The summed E-state index contributed by atoms with van der Waals surface area (Å²) >= 11 is 0. The molecule has 0 aliphatic heterocycles. The first-order chi connectivity index (χ1) is 9.75. The van der Waals surface area contributed by atoms with Crippen LogP contribution < -0.4 is 10.1 Å². The zero-order valence-corrected chi connectivity index (χ0v) is 11.0. The Bertz CT molecular complexity index is 557. The van der Waals surface area contributed by atoms with Crippen LogP contribution in [0.2, 0.25) is 0 Å². The van der Waals surface area contributed by atoms with Gasteiger partial charge in [0.05, 0.1) is 6.61 Å². The molecule has 0 bridgehead atoms. The number of anilines is 1. The lowest BCUT2D eigenvalue weighted by molar-refractivity contribution is -0.116. The summed E-state index contributed by atoms with van der Waals surface area (Å²) in [6, 6.07) is 15.5. The van der Waals surface area contributed by atoms with Gasteiger partial charge in [-0.1, -0.05) is 30.3 Å². The molecule has 0 heterocycles. The topological polar surface area (TPSA) is 38.3 Å². The Labute approximate surface area is 117 Å². The summed E-state index contributed by atoms with van der Waals surface area (Å²) in [6.45, 7) is 0.309. The fraction of sp³-hybridized carbons (Fsp3) is 0.188. The molecule has 0 atom stereocenters. The highest BCUT2D eigenvalue weighted by atomic mass is 19.1. The number of rotatable bonds is 6. The van der Waals surface area contributed by atoms with Crippen LogP contribution >= 0.6 is 0 Å². The highest BCUT2D eigenvalue weighted by Gasteiger charge is 2.04. The zero-order valence-electron chi connectivity index (χ0n) is 11.0. The van der Waals surface area contributed by atoms with Gasteiger partial charge >= 0.3 is 0 Å². The maximum atomic E-state index is 13.3. The number of hydrogen-bond acceptors (Lipinski definition) is 2. The zero-order chi connectivity index (χ0) is 14.2. The van der Waals surface area contributed by atoms with E-state index in [1.807, 2.05) is 30.3 Å². The minimum atomic E-state index is -0.388. The quantitative estimate of drug-likeness (QED) is 0.816. The summed E-state index contributed by atoms with van der Waals surface area (Å²) in [5.41, 5.74) is 0.771. The molecule has 0 unspecified atom stereocenters. The Morgan fingerprint density at radius 1 is 1.05 bits per heavy atom. The number of carbonyl (C=O) groups excluding carboxylic acids is 1. The van der Waals surface area contributed by atoms with E-state index >= 15 is 0 Å². The number of hydrogen-bond donors (Lipinski definition) is 1. The van der Waals surface area contributed by atoms with E-state index in [0.29, 0.717) is 19.4 Å². The van der Waals surface area contributed by atoms with Crippen LogP contribution in [0.1, 0.15) is 12.8 Å². The van der Waals surface area contributed by atoms with Crippen LogP contribution in [0.15, 0.2) is 54.6 Å². The second-order valence-corrected chi connectivity index (χ2v) is 4.30. The molecule has 0 radical (unpaired) electrons. The molecule has 1 N–H and O–H groups in total. The number of amides is 1. The SMILES string of the molecule is O=C(CCCOc1ccccc1F)Nc1ccccc1. The lowest BCUT2D eigenvalue weighted by atomic mass is 10.2. The average molecular weight is 273 g/mol. The molecule has 0 saturated heterocycles. The van der Waals surface area contributed by atoms with E-state index in [1.165, 1.54) is 6.07 Å². The van der Waals surface area contributed by atoms with E-state index in [0.717, 1.165) is 5.69 Å². The van der Waals surface area contributed by atoms with Gasteiger partial charge in [-0.25, -0.2) is 4.39 Å². The minimum absolute atomic E-state index is 0.0756. The van der Waals surface area contributed by atoms with Crippen molar-refractivity contribution in [3.05, 3.63) is 60.4 Å². The number of ether oxygens (including phenoxy) is 1. The van der Waals surface area contributed by atoms with Gasteiger partial charge in [0.1, 0.15) is 0 Å². The van der Waals surface area contributed by atoms with Crippen molar-refractivity contribution in [1.82, 2.24) is 0 Å². The number of para-hydroxylation sites is 2. The predicted molar refractivity (Wildman–Crippen MR) is 76.2 cm³/mol. The molecular formula is C16H16FNO2. The summed E-state index contributed by atoms with van der Waals surface area (Å²) in [5, 5.41) is 2.78. The van der Waals surface area contributed by atoms with Gasteiger partial charge in [-0.05, 0) is 30.7 Å². The largest absolute Gasteiger partial charge is 0.491 e. The molecule has 2 aromatic rings. The van der Waals surface area contributed by atoms with E-state index in [2.05, 4.69) is 5.32 Å². The molecule has 0 aliphatic rings. The number of halogens is 1. The van der Waals surface area contributed by atoms with Gasteiger partial charge in [0.25, 0.3) is 0 Å². The van der Waals surface area contributed by atoms with Gasteiger partial charge in [0.2, 0.25) is 5.91 Å². The Morgan fingerprint density at radius 2 is 1.75 bits per heavy atom. The van der Waals surface area contributed by atoms with Gasteiger partial charge < -0.3 is 10.1 Å². The highest BCUT2D eigenvalue weighted by molar-refractivity contribution is 5.90. The lowest BCUT2D eigenvalue weighted by Gasteiger charge is -2.07. The third kappa shape index (κ3) is 4.39. The van der Waals surface area contributed by atoms with Crippen LogP contribution in [-0.4, -0.2) is 12.5 Å². The molecule has 104 valence electrons. The van der Waals surface area contributed by atoms with Crippen molar-refractivity contribution < 1.29 is 13.9 Å². The molecule has 3 nitrogen and oxygen atoms in total. The smallest absolute Gasteiger partial charge is 0.224 e. The van der Waals surface area contributed by atoms with Crippen LogP contribution in [-0.2, 0) is 4.79 Å². The monoisotopic (exact) mass is 273 g/mol. The van der Waals surface area contributed by atoms with E-state index < -0.39 is 0 Å². The first-order valence-corrected chi connectivity index (χ1v) is 6.48. The Morgan fingerprint density at radius 3 is 2.50 bits per heavy atom. The van der Waals surface area contributed by atoms with Crippen molar-refractivity contribution in [3.8, 4) is 5.75 Å². The van der Waals surface area contributed by atoms with Crippen LogP contribution in [0.5, 0.6) is 5.75 Å². The second kappa shape index (κ2) is 7.28. The molecule has 20 heavy (non-hydrogen) atoms. The molecule has 0 aliphatic carbocycles. The molecule has 0 fully saturated rings. The number of carbonyl (C=O) groups is 1. The average Bonchev–Trinajstić information content (AvgIpc) is 2.46. The van der Waals surface area contributed by atoms with Crippen molar-refractivity contribution in [2.24, 2.45) is 0 Å².